The van der Waals surface area contributed by atoms with E-state index in [1.807, 2.05) is 25.1 Å². The fraction of sp³-hybridized carbons (Fsp3) is 0.385. The minimum Gasteiger partial charge on any atom is -0.327 e. The van der Waals surface area contributed by atoms with Crippen molar-refractivity contribution in [1.29, 1.82) is 0 Å². The van der Waals surface area contributed by atoms with Gasteiger partial charge in [-0.25, -0.2) is 4.98 Å². The number of nitrogens with zero attached hydrogens (tertiary/aromatic N) is 2. The van der Waals surface area contributed by atoms with Gasteiger partial charge in [-0.1, -0.05) is 49.0 Å². The van der Waals surface area contributed by atoms with Crippen molar-refractivity contribution in [3.63, 3.8) is 0 Å². The molecule has 2 aromatic rings. The molecule has 0 saturated heterocycles. The molecule has 2 atom stereocenters. The quantitative estimate of drug-likeness (QED) is 0.853. The van der Waals surface area contributed by atoms with Gasteiger partial charge in [-0.2, -0.15) is 4.37 Å². The third-order valence-electron chi connectivity index (χ3n) is 2.60. The third-order valence-corrected chi connectivity index (χ3v) is 4.91. The highest BCUT2D eigenvalue weighted by molar-refractivity contribution is 8.01. The van der Waals surface area contributed by atoms with Crippen molar-refractivity contribution in [1.82, 2.24) is 9.36 Å². The molecule has 96 valence electrons. The number of aromatic nitrogens is 2. The smallest absolute Gasteiger partial charge is 0.170 e. The molecule has 1 heterocycles. The van der Waals surface area contributed by atoms with Gasteiger partial charge in [0.15, 0.2) is 4.34 Å². The van der Waals surface area contributed by atoms with Crippen molar-refractivity contribution < 1.29 is 0 Å². The van der Waals surface area contributed by atoms with Gasteiger partial charge in [0, 0.05) is 12.5 Å². The summed E-state index contributed by atoms with van der Waals surface area (Å²) in [4.78, 5) is 4.49. The number of benzene rings is 1. The highest BCUT2D eigenvalue weighted by Crippen LogP contribution is 2.37. The van der Waals surface area contributed by atoms with Gasteiger partial charge in [0.25, 0.3) is 0 Å². The molecule has 3 nitrogen and oxygen atoms in total. The fourth-order valence-corrected chi connectivity index (χ4v) is 3.64. The van der Waals surface area contributed by atoms with E-state index in [9.17, 15) is 0 Å². The Morgan fingerprint density at radius 1 is 1.33 bits per heavy atom. The number of hydrogen-bond donors (Lipinski definition) is 1. The van der Waals surface area contributed by atoms with Gasteiger partial charge in [-0.05, 0) is 24.0 Å². The molecular formula is C13H17N3S2. The van der Waals surface area contributed by atoms with Crippen molar-refractivity contribution >= 4 is 23.3 Å². The van der Waals surface area contributed by atoms with Crippen molar-refractivity contribution in [3.8, 4) is 0 Å². The zero-order valence-corrected chi connectivity index (χ0v) is 12.2. The molecular weight excluding hydrogens is 262 g/mol. The maximum Gasteiger partial charge on any atom is 0.170 e. The molecule has 2 N–H and O–H groups in total. The van der Waals surface area contributed by atoms with Crippen LogP contribution in [0, 0.1) is 0 Å². The van der Waals surface area contributed by atoms with Crippen LogP contribution in [-0.2, 0) is 6.42 Å². The normalized spacial score (nSPS) is 14.4. The van der Waals surface area contributed by atoms with Gasteiger partial charge in [0.2, 0.25) is 0 Å². The number of rotatable bonds is 5. The summed E-state index contributed by atoms with van der Waals surface area (Å²) in [6.45, 7) is 4.10. The molecule has 0 radical (unpaired) electrons. The molecule has 0 spiro atoms. The molecule has 1 aromatic heterocycles. The van der Waals surface area contributed by atoms with E-state index in [2.05, 4.69) is 28.4 Å². The lowest BCUT2D eigenvalue weighted by molar-refractivity contribution is 0.721. The van der Waals surface area contributed by atoms with E-state index in [1.54, 1.807) is 11.8 Å². The lowest BCUT2D eigenvalue weighted by Gasteiger charge is -2.19. The number of hydrogen-bond acceptors (Lipinski definition) is 5. The number of nitrogens with two attached hydrogens (primary N) is 1. The first-order chi connectivity index (χ1) is 8.70. The molecule has 5 heteroatoms. The van der Waals surface area contributed by atoms with Gasteiger partial charge in [0.1, 0.15) is 5.82 Å². The Morgan fingerprint density at radius 3 is 2.61 bits per heavy atom. The lowest BCUT2D eigenvalue weighted by Crippen LogP contribution is -2.22. The lowest BCUT2D eigenvalue weighted by atomic mass is 10.1. The maximum absolute atomic E-state index is 6.09. The van der Waals surface area contributed by atoms with E-state index in [1.165, 1.54) is 17.1 Å². The monoisotopic (exact) mass is 279 g/mol. The summed E-state index contributed by atoms with van der Waals surface area (Å²) in [5, 5.41) is 0.226. The average molecular weight is 279 g/mol. The first-order valence-electron chi connectivity index (χ1n) is 6.00. The second-order valence-electron chi connectivity index (χ2n) is 4.14. The summed E-state index contributed by atoms with van der Waals surface area (Å²) in [5.41, 5.74) is 7.33. The molecule has 0 aliphatic carbocycles. The van der Waals surface area contributed by atoms with Crippen LogP contribution in [0.3, 0.4) is 0 Å². The maximum atomic E-state index is 6.09. The van der Waals surface area contributed by atoms with Crippen LogP contribution in [-0.4, -0.2) is 15.4 Å². The van der Waals surface area contributed by atoms with Crippen LogP contribution < -0.4 is 5.73 Å². The third kappa shape index (κ3) is 3.31. The Labute approximate surface area is 116 Å². The molecule has 2 unspecified atom stereocenters. The van der Waals surface area contributed by atoms with Gasteiger partial charge < -0.3 is 5.73 Å². The molecule has 0 amide bonds. The molecule has 2 rings (SSSR count). The highest BCUT2D eigenvalue weighted by atomic mass is 32.2. The van der Waals surface area contributed by atoms with E-state index in [-0.39, 0.29) is 11.3 Å². The predicted octanol–water partition coefficient (Wildman–Crippen LogP) is 3.28. The molecule has 0 saturated carbocycles. The number of aryl methyl sites for hydroxylation is 1. The van der Waals surface area contributed by atoms with Gasteiger partial charge in [0.05, 0.1) is 5.25 Å². The van der Waals surface area contributed by atoms with Crippen LogP contribution in [0.25, 0.3) is 0 Å². The van der Waals surface area contributed by atoms with Gasteiger partial charge in [-0.3, -0.25) is 0 Å². The van der Waals surface area contributed by atoms with E-state index < -0.39 is 0 Å². The number of thioether (sulfide) groups is 1. The van der Waals surface area contributed by atoms with Crippen molar-refractivity contribution in [2.24, 2.45) is 5.73 Å². The Hall–Kier alpha value is -0.910. The minimum absolute atomic E-state index is 0.0753. The summed E-state index contributed by atoms with van der Waals surface area (Å²) in [5.74, 6) is 0.916. The largest absolute Gasteiger partial charge is 0.327 e. The van der Waals surface area contributed by atoms with Crippen molar-refractivity contribution in [2.75, 3.05) is 0 Å². The molecule has 0 aliphatic rings. The summed E-state index contributed by atoms with van der Waals surface area (Å²) < 4.78 is 5.31. The van der Waals surface area contributed by atoms with E-state index >= 15 is 0 Å². The summed E-state index contributed by atoms with van der Waals surface area (Å²) in [6, 6.07) is 10.4. The molecule has 0 fully saturated rings. The van der Waals surface area contributed by atoms with Crippen LogP contribution >= 0.6 is 23.3 Å². The van der Waals surface area contributed by atoms with Crippen LogP contribution in [0.4, 0.5) is 0 Å². The molecule has 1 aromatic carbocycles. The van der Waals surface area contributed by atoms with Crippen LogP contribution in [0.5, 0.6) is 0 Å². The Morgan fingerprint density at radius 2 is 2.06 bits per heavy atom. The fourth-order valence-electron chi connectivity index (χ4n) is 1.66. The first-order valence-corrected chi connectivity index (χ1v) is 7.65. The topological polar surface area (TPSA) is 51.8 Å². The second-order valence-corrected chi connectivity index (χ2v) is 6.28. The Bertz CT molecular complexity index is 482. The highest BCUT2D eigenvalue weighted by Gasteiger charge is 2.19. The zero-order valence-electron chi connectivity index (χ0n) is 10.5. The van der Waals surface area contributed by atoms with Crippen LogP contribution in [0.2, 0.25) is 0 Å². The molecule has 18 heavy (non-hydrogen) atoms. The summed E-state index contributed by atoms with van der Waals surface area (Å²) >= 11 is 3.17. The van der Waals surface area contributed by atoms with Crippen molar-refractivity contribution in [3.05, 3.63) is 41.7 Å². The standard InChI is InChI=1S/C13H17N3S2/c1-3-11-15-13(18-16-11)17-12(9(2)14)10-7-5-4-6-8-10/h4-9,12H,3,14H2,1-2H3. The SMILES string of the molecule is CCc1nsc(SC(c2ccccc2)C(C)N)n1. The van der Waals surface area contributed by atoms with E-state index in [4.69, 9.17) is 5.73 Å². The van der Waals surface area contributed by atoms with Crippen molar-refractivity contribution in [2.45, 2.75) is 35.9 Å². The van der Waals surface area contributed by atoms with Crippen LogP contribution in [0.1, 0.15) is 30.5 Å². The van der Waals surface area contributed by atoms with Gasteiger partial charge in [-0.15, -0.1) is 0 Å². The second kappa shape index (κ2) is 6.31. The minimum atomic E-state index is 0.0753. The Kier molecular flexibility index (Phi) is 4.74. The van der Waals surface area contributed by atoms with E-state index in [0.717, 1.165) is 16.6 Å². The summed E-state index contributed by atoms with van der Waals surface area (Å²) in [6.07, 6.45) is 0.880. The Balaban J connectivity index is 2.17. The first kappa shape index (κ1) is 13.5. The zero-order chi connectivity index (χ0) is 13.0. The van der Waals surface area contributed by atoms with Gasteiger partial charge >= 0.3 is 0 Å². The van der Waals surface area contributed by atoms with Crippen LogP contribution in [0.15, 0.2) is 34.7 Å². The average Bonchev–Trinajstić information content (AvgIpc) is 2.84. The molecule has 0 aliphatic heterocycles. The molecule has 0 bridgehead atoms. The van der Waals surface area contributed by atoms with E-state index in [0.29, 0.717) is 0 Å². The predicted molar refractivity (Wildman–Crippen MR) is 78.0 cm³/mol. The summed E-state index contributed by atoms with van der Waals surface area (Å²) in [7, 11) is 0.